The molecule has 0 bridgehead atoms. The Morgan fingerprint density at radius 1 is 1.18 bits per heavy atom. The van der Waals surface area contributed by atoms with E-state index >= 15 is 0 Å². The monoisotopic (exact) mass is 261 g/mol. The Morgan fingerprint density at radius 3 is 2.18 bits per heavy atom. The van der Waals surface area contributed by atoms with Crippen molar-refractivity contribution in [3.63, 3.8) is 0 Å². The van der Waals surface area contributed by atoms with Crippen molar-refractivity contribution >= 4 is 9.84 Å². The average Bonchev–Trinajstić information content (AvgIpc) is 2.52. The van der Waals surface area contributed by atoms with Gasteiger partial charge in [-0.05, 0) is 37.8 Å². The van der Waals surface area contributed by atoms with Gasteiger partial charge in [0.05, 0.1) is 23.7 Å². The molecule has 0 aromatic rings. The lowest BCUT2D eigenvalue weighted by Gasteiger charge is -2.37. The predicted octanol–water partition coefficient (Wildman–Crippen LogP) is 0.512. The van der Waals surface area contributed by atoms with E-state index in [0.717, 1.165) is 31.8 Å². The van der Waals surface area contributed by atoms with Crippen LogP contribution in [0.15, 0.2) is 0 Å². The van der Waals surface area contributed by atoms with Crippen molar-refractivity contribution in [3.05, 3.63) is 0 Å². The molecule has 2 heterocycles. The highest BCUT2D eigenvalue weighted by molar-refractivity contribution is 7.91. The SMILES string of the molecule is CC(C)C1CCN(C2CS(=O)(=O)CC2O)CC1. The van der Waals surface area contributed by atoms with Gasteiger partial charge in [-0.25, -0.2) is 8.42 Å². The summed E-state index contributed by atoms with van der Waals surface area (Å²) in [5, 5.41) is 9.83. The molecule has 0 aliphatic carbocycles. The lowest BCUT2D eigenvalue weighted by atomic mass is 9.86. The minimum Gasteiger partial charge on any atom is -0.390 e. The molecule has 2 fully saturated rings. The van der Waals surface area contributed by atoms with Crippen molar-refractivity contribution in [1.82, 2.24) is 4.90 Å². The Labute approximate surface area is 104 Å². The molecule has 2 aliphatic rings. The Hall–Kier alpha value is -0.130. The Morgan fingerprint density at radius 2 is 1.76 bits per heavy atom. The van der Waals surface area contributed by atoms with E-state index in [0.29, 0.717) is 5.92 Å². The van der Waals surface area contributed by atoms with Crippen LogP contribution in [0.2, 0.25) is 0 Å². The van der Waals surface area contributed by atoms with E-state index in [4.69, 9.17) is 0 Å². The zero-order chi connectivity index (χ0) is 12.6. The number of sulfone groups is 1. The van der Waals surface area contributed by atoms with E-state index in [1.54, 1.807) is 0 Å². The second-order valence-electron chi connectivity index (χ2n) is 5.83. The zero-order valence-corrected chi connectivity index (χ0v) is 11.5. The molecular formula is C12H23NO3S. The van der Waals surface area contributed by atoms with Gasteiger partial charge in [-0.15, -0.1) is 0 Å². The number of hydrogen-bond acceptors (Lipinski definition) is 4. The molecule has 0 spiro atoms. The largest absolute Gasteiger partial charge is 0.390 e. The highest BCUT2D eigenvalue weighted by atomic mass is 32.2. The molecular weight excluding hydrogens is 238 g/mol. The van der Waals surface area contributed by atoms with Gasteiger partial charge in [-0.1, -0.05) is 13.8 Å². The highest BCUT2D eigenvalue weighted by Gasteiger charge is 2.40. The topological polar surface area (TPSA) is 57.6 Å². The van der Waals surface area contributed by atoms with Crippen LogP contribution in [0.1, 0.15) is 26.7 Å². The van der Waals surface area contributed by atoms with Crippen LogP contribution in [0.25, 0.3) is 0 Å². The molecule has 0 radical (unpaired) electrons. The second-order valence-corrected chi connectivity index (χ2v) is 7.98. The number of aliphatic hydroxyl groups excluding tert-OH is 1. The summed E-state index contributed by atoms with van der Waals surface area (Å²) in [4.78, 5) is 2.17. The molecule has 2 unspecified atom stereocenters. The fraction of sp³-hybridized carbons (Fsp3) is 1.00. The molecule has 2 saturated heterocycles. The van der Waals surface area contributed by atoms with Crippen LogP contribution in [0.3, 0.4) is 0 Å². The molecule has 2 aliphatic heterocycles. The standard InChI is InChI=1S/C12H23NO3S/c1-9(2)10-3-5-13(6-4-10)11-7-17(15,16)8-12(11)14/h9-12,14H,3-8H2,1-2H3. The van der Waals surface area contributed by atoms with Crippen LogP contribution < -0.4 is 0 Å². The highest BCUT2D eigenvalue weighted by Crippen LogP contribution is 2.28. The maximum absolute atomic E-state index is 11.5. The molecule has 0 aromatic heterocycles. The van der Waals surface area contributed by atoms with E-state index < -0.39 is 15.9 Å². The molecule has 100 valence electrons. The van der Waals surface area contributed by atoms with Crippen LogP contribution in [0.5, 0.6) is 0 Å². The Bertz CT molecular complexity index is 358. The molecule has 2 atom stereocenters. The molecule has 17 heavy (non-hydrogen) atoms. The lowest BCUT2D eigenvalue weighted by molar-refractivity contribution is 0.0522. The third-order valence-corrected chi connectivity index (χ3v) is 5.98. The minimum absolute atomic E-state index is 0.0538. The second kappa shape index (κ2) is 4.86. The third kappa shape index (κ3) is 3.01. The molecule has 4 nitrogen and oxygen atoms in total. The van der Waals surface area contributed by atoms with Gasteiger partial charge in [0.25, 0.3) is 0 Å². The molecule has 2 rings (SSSR count). The summed E-state index contributed by atoms with van der Waals surface area (Å²) in [6.07, 6.45) is 1.57. The first-order valence-corrected chi connectivity index (χ1v) is 8.34. The number of nitrogens with zero attached hydrogens (tertiary/aromatic N) is 1. The van der Waals surface area contributed by atoms with Crippen molar-refractivity contribution in [2.45, 2.75) is 38.8 Å². The first kappa shape index (κ1) is 13.3. The summed E-state index contributed by atoms with van der Waals surface area (Å²) in [7, 11) is -3.02. The quantitative estimate of drug-likeness (QED) is 0.787. The maximum atomic E-state index is 11.5. The van der Waals surface area contributed by atoms with Crippen molar-refractivity contribution in [1.29, 1.82) is 0 Å². The minimum atomic E-state index is -3.02. The van der Waals surface area contributed by atoms with E-state index in [2.05, 4.69) is 18.7 Å². The van der Waals surface area contributed by atoms with E-state index in [1.165, 1.54) is 0 Å². The van der Waals surface area contributed by atoms with Gasteiger partial charge in [0, 0.05) is 0 Å². The molecule has 1 N–H and O–H groups in total. The summed E-state index contributed by atoms with van der Waals surface area (Å²) in [6, 6.07) is -0.159. The molecule has 0 aromatic carbocycles. The van der Waals surface area contributed by atoms with Crippen LogP contribution >= 0.6 is 0 Å². The fourth-order valence-corrected chi connectivity index (χ4v) is 4.91. The number of hydrogen-bond donors (Lipinski definition) is 1. The van der Waals surface area contributed by atoms with Gasteiger partial charge < -0.3 is 5.11 Å². The zero-order valence-electron chi connectivity index (χ0n) is 10.7. The van der Waals surface area contributed by atoms with Crippen LogP contribution in [0, 0.1) is 11.8 Å². The summed E-state index contributed by atoms with van der Waals surface area (Å²) < 4.78 is 23.0. The Balaban J connectivity index is 1.93. The predicted molar refractivity (Wildman–Crippen MR) is 67.6 cm³/mol. The smallest absolute Gasteiger partial charge is 0.154 e. The lowest BCUT2D eigenvalue weighted by Crippen LogP contribution is -2.47. The number of piperidine rings is 1. The fourth-order valence-electron chi connectivity index (χ4n) is 3.08. The normalized spacial score (nSPS) is 35.5. The molecule has 0 amide bonds. The van der Waals surface area contributed by atoms with Crippen LogP contribution in [-0.2, 0) is 9.84 Å². The van der Waals surface area contributed by atoms with Gasteiger partial charge in [-0.2, -0.15) is 0 Å². The number of likely N-dealkylation sites (tertiary alicyclic amines) is 1. The van der Waals surface area contributed by atoms with E-state index in [1.807, 2.05) is 0 Å². The third-order valence-electron chi connectivity index (χ3n) is 4.28. The van der Waals surface area contributed by atoms with Gasteiger partial charge >= 0.3 is 0 Å². The van der Waals surface area contributed by atoms with Crippen LogP contribution in [-0.4, -0.2) is 55.2 Å². The van der Waals surface area contributed by atoms with Crippen LogP contribution in [0.4, 0.5) is 0 Å². The van der Waals surface area contributed by atoms with Gasteiger partial charge in [-0.3, -0.25) is 4.90 Å². The summed E-state index contributed by atoms with van der Waals surface area (Å²) >= 11 is 0. The van der Waals surface area contributed by atoms with Crippen molar-refractivity contribution in [3.8, 4) is 0 Å². The Kier molecular flexibility index (Phi) is 3.80. The van der Waals surface area contributed by atoms with E-state index in [-0.39, 0.29) is 17.5 Å². The summed E-state index contributed by atoms with van der Waals surface area (Å²) in [5.41, 5.74) is 0. The summed E-state index contributed by atoms with van der Waals surface area (Å²) in [6.45, 7) is 6.35. The average molecular weight is 261 g/mol. The molecule has 5 heteroatoms. The number of aliphatic hydroxyl groups is 1. The van der Waals surface area contributed by atoms with Gasteiger partial charge in [0.15, 0.2) is 9.84 Å². The molecule has 0 saturated carbocycles. The van der Waals surface area contributed by atoms with Crippen molar-refractivity contribution in [2.75, 3.05) is 24.6 Å². The van der Waals surface area contributed by atoms with Gasteiger partial charge in [0.1, 0.15) is 0 Å². The maximum Gasteiger partial charge on any atom is 0.154 e. The van der Waals surface area contributed by atoms with E-state index in [9.17, 15) is 13.5 Å². The van der Waals surface area contributed by atoms with Crippen molar-refractivity contribution < 1.29 is 13.5 Å². The summed E-state index contributed by atoms with van der Waals surface area (Å²) in [5.74, 6) is 1.54. The first-order chi connectivity index (χ1) is 7.89. The number of rotatable bonds is 2. The van der Waals surface area contributed by atoms with Gasteiger partial charge in [0.2, 0.25) is 0 Å². The first-order valence-electron chi connectivity index (χ1n) is 6.51. The van der Waals surface area contributed by atoms with Crippen molar-refractivity contribution in [2.24, 2.45) is 11.8 Å².